The fourth-order valence-electron chi connectivity index (χ4n) is 2.57. The van der Waals surface area contributed by atoms with Gasteiger partial charge in [0.25, 0.3) is 5.91 Å². The Bertz CT molecular complexity index is 937. The van der Waals surface area contributed by atoms with E-state index in [1.165, 1.54) is 11.8 Å². The molecule has 27 heavy (non-hydrogen) atoms. The molecule has 0 spiro atoms. The summed E-state index contributed by atoms with van der Waals surface area (Å²) in [5.74, 6) is 0.840. The van der Waals surface area contributed by atoms with Crippen LogP contribution in [0.25, 0.3) is 11.4 Å². The van der Waals surface area contributed by atoms with Gasteiger partial charge in [-0.3, -0.25) is 4.79 Å². The number of aryl methyl sites for hydroxylation is 1. The summed E-state index contributed by atoms with van der Waals surface area (Å²) in [4.78, 5) is 12.0. The average molecular weight is 379 g/mol. The Labute approximate surface area is 162 Å². The van der Waals surface area contributed by atoms with E-state index in [0.29, 0.717) is 5.16 Å². The largest absolute Gasteiger partial charge is 0.302 e. The van der Waals surface area contributed by atoms with Crippen molar-refractivity contribution in [2.45, 2.75) is 25.5 Å². The van der Waals surface area contributed by atoms with Crippen LogP contribution in [-0.2, 0) is 11.3 Å². The highest BCUT2D eigenvalue weighted by molar-refractivity contribution is 7.99. The second kappa shape index (κ2) is 9.14. The molecule has 2 aromatic carbocycles. The molecule has 0 radical (unpaired) electrons. The summed E-state index contributed by atoms with van der Waals surface area (Å²) >= 11 is 1.35. The van der Waals surface area contributed by atoms with Crippen LogP contribution in [-0.4, -0.2) is 32.6 Å². The maximum Gasteiger partial charge on any atom is 0.250 e. The molecule has 6 nitrogen and oxygen atoms in total. The van der Waals surface area contributed by atoms with Crippen molar-refractivity contribution in [3.05, 3.63) is 65.7 Å². The number of thioether (sulfide) groups is 1. The van der Waals surface area contributed by atoms with Crippen molar-refractivity contribution >= 4 is 23.9 Å². The van der Waals surface area contributed by atoms with Gasteiger partial charge in [0, 0.05) is 12.1 Å². The number of hydrogen-bond acceptors (Lipinski definition) is 5. The molecular weight excluding hydrogens is 358 g/mol. The second-order valence-corrected chi connectivity index (χ2v) is 6.85. The van der Waals surface area contributed by atoms with E-state index in [1.807, 2.05) is 73.0 Å². The van der Waals surface area contributed by atoms with Gasteiger partial charge < -0.3 is 4.57 Å². The number of nitrogens with zero attached hydrogens (tertiary/aromatic N) is 4. The number of amides is 1. The molecular formula is C20H21N5OS. The lowest BCUT2D eigenvalue weighted by Gasteiger charge is -2.06. The van der Waals surface area contributed by atoms with E-state index in [1.54, 1.807) is 6.21 Å². The minimum Gasteiger partial charge on any atom is -0.302 e. The van der Waals surface area contributed by atoms with Crippen LogP contribution in [0.15, 0.2) is 64.9 Å². The van der Waals surface area contributed by atoms with Gasteiger partial charge in [-0.05, 0) is 19.4 Å². The zero-order chi connectivity index (χ0) is 19.1. The van der Waals surface area contributed by atoms with Crippen molar-refractivity contribution in [3.63, 3.8) is 0 Å². The third-order valence-electron chi connectivity index (χ3n) is 3.84. The zero-order valence-corrected chi connectivity index (χ0v) is 16.1. The topological polar surface area (TPSA) is 72.2 Å². The SMILES string of the molecule is CCn1c(SCC(=O)NN=Cc2cccc(C)c2)nnc1-c1ccccc1. The first-order chi connectivity index (χ1) is 13.2. The van der Waals surface area contributed by atoms with Crippen LogP contribution in [0.2, 0.25) is 0 Å². The number of carbonyl (C=O) groups is 1. The molecule has 7 heteroatoms. The number of benzene rings is 2. The Morgan fingerprint density at radius 3 is 2.74 bits per heavy atom. The maximum absolute atomic E-state index is 12.0. The molecule has 3 rings (SSSR count). The standard InChI is InChI=1S/C20H21N5OS/c1-3-25-19(17-10-5-4-6-11-17)23-24-20(25)27-14-18(26)22-21-13-16-9-7-8-15(2)12-16/h4-13H,3,14H2,1-2H3,(H,22,26). The number of nitrogens with one attached hydrogen (secondary N) is 1. The van der Waals surface area contributed by atoms with Gasteiger partial charge in [0.15, 0.2) is 11.0 Å². The fourth-order valence-corrected chi connectivity index (χ4v) is 3.37. The predicted octanol–water partition coefficient (Wildman–Crippen LogP) is 3.52. The maximum atomic E-state index is 12.0. The monoisotopic (exact) mass is 379 g/mol. The van der Waals surface area contributed by atoms with Crippen molar-refractivity contribution in [3.8, 4) is 11.4 Å². The molecule has 1 amide bonds. The van der Waals surface area contributed by atoms with Gasteiger partial charge in [-0.1, -0.05) is 71.9 Å². The van der Waals surface area contributed by atoms with Crippen LogP contribution in [0.4, 0.5) is 0 Å². The fraction of sp³-hybridized carbons (Fsp3) is 0.200. The zero-order valence-electron chi connectivity index (χ0n) is 15.3. The number of rotatable bonds is 7. The lowest BCUT2D eigenvalue weighted by molar-refractivity contribution is -0.118. The Hall–Kier alpha value is -2.93. The molecule has 0 aliphatic carbocycles. The Morgan fingerprint density at radius 2 is 2.00 bits per heavy atom. The molecule has 0 atom stereocenters. The van der Waals surface area contributed by atoms with E-state index in [-0.39, 0.29) is 11.7 Å². The van der Waals surface area contributed by atoms with Gasteiger partial charge in [0.05, 0.1) is 12.0 Å². The average Bonchev–Trinajstić information content (AvgIpc) is 3.10. The molecule has 0 bridgehead atoms. The molecule has 0 unspecified atom stereocenters. The van der Waals surface area contributed by atoms with Gasteiger partial charge in [-0.2, -0.15) is 5.10 Å². The van der Waals surface area contributed by atoms with Crippen LogP contribution in [0, 0.1) is 6.92 Å². The summed E-state index contributed by atoms with van der Waals surface area (Å²) in [6.45, 7) is 4.78. The highest BCUT2D eigenvalue weighted by atomic mass is 32.2. The molecule has 3 aromatic rings. The van der Waals surface area contributed by atoms with Gasteiger partial charge in [-0.25, -0.2) is 5.43 Å². The second-order valence-electron chi connectivity index (χ2n) is 5.91. The van der Waals surface area contributed by atoms with Gasteiger partial charge in [0.1, 0.15) is 0 Å². The quantitative estimate of drug-likeness (QED) is 0.387. The highest BCUT2D eigenvalue weighted by Gasteiger charge is 2.14. The normalized spacial score (nSPS) is 11.0. The van der Waals surface area contributed by atoms with E-state index in [9.17, 15) is 4.79 Å². The molecule has 0 saturated heterocycles. The third kappa shape index (κ3) is 5.04. The van der Waals surface area contributed by atoms with Crippen LogP contribution in [0.3, 0.4) is 0 Å². The number of carbonyl (C=O) groups excluding carboxylic acids is 1. The van der Waals surface area contributed by atoms with Crippen LogP contribution in [0.5, 0.6) is 0 Å². The van der Waals surface area contributed by atoms with E-state index >= 15 is 0 Å². The van der Waals surface area contributed by atoms with Crippen LogP contribution < -0.4 is 5.43 Å². The summed E-state index contributed by atoms with van der Waals surface area (Å²) < 4.78 is 2.00. The third-order valence-corrected chi connectivity index (χ3v) is 4.81. The lowest BCUT2D eigenvalue weighted by Crippen LogP contribution is -2.20. The first-order valence-electron chi connectivity index (χ1n) is 8.67. The number of aromatic nitrogens is 3. The summed E-state index contributed by atoms with van der Waals surface area (Å²) in [6, 6.07) is 17.8. The van der Waals surface area contributed by atoms with Gasteiger partial charge in [0.2, 0.25) is 0 Å². The number of hydrazone groups is 1. The van der Waals surface area contributed by atoms with Crippen molar-refractivity contribution in [2.75, 3.05) is 5.75 Å². The predicted molar refractivity (Wildman–Crippen MR) is 109 cm³/mol. The van der Waals surface area contributed by atoms with Gasteiger partial charge in [-0.15, -0.1) is 10.2 Å². The summed E-state index contributed by atoms with van der Waals surface area (Å²) in [5, 5.41) is 13.2. The lowest BCUT2D eigenvalue weighted by atomic mass is 10.2. The first-order valence-corrected chi connectivity index (χ1v) is 9.66. The van der Waals surface area contributed by atoms with Crippen molar-refractivity contribution < 1.29 is 4.79 Å². The minimum absolute atomic E-state index is 0.184. The van der Waals surface area contributed by atoms with E-state index < -0.39 is 0 Å². The van der Waals surface area contributed by atoms with Gasteiger partial charge >= 0.3 is 0 Å². The van der Waals surface area contributed by atoms with Crippen molar-refractivity contribution in [2.24, 2.45) is 5.10 Å². The molecule has 1 heterocycles. The Morgan fingerprint density at radius 1 is 1.19 bits per heavy atom. The molecule has 0 fully saturated rings. The van der Waals surface area contributed by atoms with Crippen molar-refractivity contribution in [1.82, 2.24) is 20.2 Å². The number of hydrogen-bond donors (Lipinski definition) is 1. The molecule has 138 valence electrons. The molecule has 1 aromatic heterocycles. The Balaban J connectivity index is 1.58. The van der Waals surface area contributed by atoms with E-state index in [0.717, 1.165) is 29.1 Å². The Kier molecular flexibility index (Phi) is 6.38. The summed E-state index contributed by atoms with van der Waals surface area (Å²) in [6.07, 6.45) is 1.64. The summed E-state index contributed by atoms with van der Waals surface area (Å²) in [7, 11) is 0. The smallest absolute Gasteiger partial charge is 0.250 e. The van der Waals surface area contributed by atoms with Crippen LogP contribution in [0.1, 0.15) is 18.1 Å². The van der Waals surface area contributed by atoms with E-state index in [2.05, 4.69) is 20.7 Å². The summed E-state index contributed by atoms with van der Waals surface area (Å²) in [5.41, 5.74) is 5.65. The molecule has 0 aliphatic rings. The van der Waals surface area contributed by atoms with Crippen LogP contribution >= 0.6 is 11.8 Å². The minimum atomic E-state index is -0.184. The highest BCUT2D eigenvalue weighted by Crippen LogP contribution is 2.23. The molecule has 1 N–H and O–H groups in total. The first kappa shape index (κ1) is 18.8. The molecule has 0 saturated carbocycles. The van der Waals surface area contributed by atoms with Crippen molar-refractivity contribution in [1.29, 1.82) is 0 Å². The molecule has 0 aliphatic heterocycles. The van der Waals surface area contributed by atoms with E-state index in [4.69, 9.17) is 0 Å².